The van der Waals surface area contributed by atoms with E-state index in [4.69, 9.17) is 5.73 Å². The zero-order valence-corrected chi connectivity index (χ0v) is 18.8. The minimum atomic E-state index is -4.64. The van der Waals surface area contributed by atoms with Gasteiger partial charge >= 0.3 is 6.18 Å². The van der Waals surface area contributed by atoms with Crippen LogP contribution in [0.25, 0.3) is 0 Å². The van der Waals surface area contributed by atoms with Crippen molar-refractivity contribution in [2.75, 3.05) is 6.54 Å². The molecule has 1 unspecified atom stereocenters. The first kappa shape index (κ1) is 26.5. The molecule has 1 aliphatic rings. The molecule has 3 rings (SSSR count). The van der Waals surface area contributed by atoms with Crippen LogP contribution >= 0.6 is 0 Å². The van der Waals surface area contributed by atoms with Crippen molar-refractivity contribution in [3.63, 3.8) is 0 Å². The van der Waals surface area contributed by atoms with E-state index in [2.05, 4.69) is 5.32 Å². The molecule has 2 amide bonds. The van der Waals surface area contributed by atoms with Gasteiger partial charge in [-0.05, 0) is 43.0 Å². The highest BCUT2D eigenvalue weighted by molar-refractivity contribution is 5.88. The van der Waals surface area contributed by atoms with Gasteiger partial charge in [-0.3, -0.25) is 9.59 Å². The van der Waals surface area contributed by atoms with E-state index in [-0.39, 0.29) is 43.0 Å². The number of nitrogens with one attached hydrogen (secondary N) is 1. The standard InChI is InChI=1S/C24H25F6N3O2/c1-13-6-7-33(22(34)11-16(31)8-15-9-19(26)20(27)12-18(15)25)21(23(35)32-13)10-14-4-2-3-5-17(14)24(28,29)30/h2-5,9,12-13,16,21H,6-8,10-11,31H2,1H3,(H,32,35)/t13?,16-,21-/m1/s1. The van der Waals surface area contributed by atoms with Gasteiger partial charge in [0, 0.05) is 37.5 Å². The van der Waals surface area contributed by atoms with Crippen molar-refractivity contribution in [1.29, 1.82) is 0 Å². The molecule has 3 atom stereocenters. The highest BCUT2D eigenvalue weighted by Gasteiger charge is 2.38. The van der Waals surface area contributed by atoms with Crippen LogP contribution in [-0.4, -0.2) is 41.4 Å². The van der Waals surface area contributed by atoms with Crippen LogP contribution in [0.3, 0.4) is 0 Å². The number of carbonyl (C=O) groups excluding carboxylic acids is 2. The summed E-state index contributed by atoms with van der Waals surface area (Å²) >= 11 is 0. The van der Waals surface area contributed by atoms with Crippen LogP contribution in [0.2, 0.25) is 0 Å². The summed E-state index contributed by atoms with van der Waals surface area (Å²) in [7, 11) is 0. The van der Waals surface area contributed by atoms with Crippen molar-refractivity contribution in [2.45, 2.75) is 56.9 Å². The van der Waals surface area contributed by atoms with E-state index < -0.39 is 53.1 Å². The number of alkyl halides is 3. The Morgan fingerprint density at radius 3 is 2.46 bits per heavy atom. The SMILES string of the molecule is CC1CCN(C(=O)C[C@H](N)Cc2cc(F)c(F)cc2F)[C@H](Cc2ccccc2C(F)(F)F)C(=O)N1. The lowest BCUT2D eigenvalue weighted by Crippen LogP contribution is -2.50. The van der Waals surface area contributed by atoms with Gasteiger partial charge in [-0.1, -0.05) is 18.2 Å². The predicted octanol–water partition coefficient (Wildman–Crippen LogP) is 3.73. The molecule has 0 radical (unpaired) electrons. The van der Waals surface area contributed by atoms with Crippen LogP contribution < -0.4 is 11.1 Å². The number of hydrogen-bond donors (Lipinski definition) is 2. The molecule has 1 aliphatic heterocycles. The minimum Gasteiger partial charge on any atom is -0.352 e. The first-order chi connectivity index (χ1) is 16.4. The fraction of sp³-hybridized carbons (Fsp3) is 0.417. The maximum atomic E-state index is 14.0. The molecule has 0 aromatic heterocycles. The summed E-state index contributed by atoms with van der Waals surface area (Å²) < 4.78 is 81.1. The lowest BCUT2D eigenvalue weighted by atomic mass is 9.97. The van der Waals surface area contributed by atoms with E-state index in [9.17, 15) is 35.9 Å². The summed E-state index contributed by atoms with van der Waals surface area (Å²) in [5.74, 6) is -4.85. The molecule has 0 aliphatic carbocycles. The maximum Gasteiger partial charge on any atom is 0.416 e. The average molecular weight is 501 g/mol. The molecule has 11 heteroatoms. The number of hydrogen-bond acceptors (Lipinski definition) is 3. The third-order valence-electron chi connectivity index (χ3n) is 5.94. The van der Waals surface area contributed by atoms with Gasteiger partial charge < -0.3 is 16.0 Å². The summed E-state index contributed by atoms with van der Waals surface area (Å²) in [6.07, 6.45) is -5.31. The number of nitrogens with zero attached hydrogens (tertiary/aromatic N) is 1. The van der Waals surface area contributed by atoms with Gasteiger partial charge in [0.15, 0.2) is 11.6 Å². The van der Waals surface area contributed by atoms with Crippen LogP contribution in [-0.2, 0) is 28.6 Å². The number of carbonyl (C=O) groups is 2. The van der Waals surface area contributed by atoms with Gasteiger partial charge in [-0.15, -0.1) is 0 Å². The number of rotatable bonds is 6. The molecule has 3 N–H and O–H groups in total. The Morgan fingerprint density at radius 1 is 1.11 bits per heavy atom. The smallest absolute Gasteiger partial charge is 0.352 e. The van der Waals surface area contributed by atoms with Crippen LogP contribution in [0.5, 0.6) is 0 Å². The molecule has 2 aromatic carbocycles. The van der Waals surface area contributed by atoms with Gasteiger partial charge in [0.2, 0.25) is 11.8 Å². The molecule has 0 bridgehead atoms. The number of halogens is 6. The van der Waals surface area contributed by atoms with Crippen LogP contribution in [0.15, 0.2) is 36.4 Å². The zero-order valence-electron chi connectivity index (χ0n) is 18.8. The summed E-state index contributed by atoms with van der Waals surface area (Å²) in [5.41, 5.74) is 4.71. The molecular formula is C24H25F6N3O2. The van der Waals surface area contributed by atoms with E-state index in [0.717, 1.165) is 6.07 Å². The minimum absolute atomic E-state index is 0.0872. The molecule has 0 saturated carbocycles. The predicted molar refractivity (Wildman–Crippen MR) is 115 cm³/mol. The summed E-state index contributed by atoms with van der Waals surface area (Å²) in [6, 6.07) is 3.32. The highest BCUT2D eigenvalue weighted by atomic mass is 19.4. The highest BCUT2D eigenvalue weighted by Crippen LogP contribution is 2.33. The fourth-order valence-electron chi connectivity index (χ4n) is 4.14. The van der Waals surface area contributed by atoms with Gasteiger partial charge in [0.25, 0.3) is 0 Å². The topological polar surface area (TPSA) is 75.4 Å². The lowest BCUT2D eigenvalue weighted by molar-refractivity contribution is -0.141. The van der Waals surface area contributed by atoms with E-state index in [0.29, 0.717) is 18.6 Å². The lowest BCUT2D eigenvalue weighted by Gasteiger charge is -2.30. The fourth-order valence-corrected chi connectivity index (χ4v) is 4.14. The van der Waals surface area contributed by atoms with Crippen molar-refractivity contribution in [2.24, 2.45) is 5.73 Å². The second-order valence-electron chi connectivity index (χ2n) is 8.69. The first-order valence-electron chi connectivity index (χ1n) is 11.0. The normalized spacial score (nSPS) is 19.8. The second-order valence-corrected chi connectivity index (χ2v) is 8.69. The number of amides is 2. The van der Waals surface area contributed by atoms with Crippen molar-refractivity contribution in [3.05, 3.63) is 70.5 Å². The molecule has 1 heterocycles. The van der Waals surface area contributed by atoms with E-state index in [1.807, 2.05) is 0 Å². The number of nitrogens with two attached hydrogens (primary N) is 1. The zero-order chi connectivity index (χ0) is 25.9. The van der Waals surface area contributed by atoms with E-state index >= 15 is 0 Å². The molecule has 2 aromatic rings. The van der Waals surface area contributed by atoms with Crippen LogP contribution in [0.4, 0.5) is 26.3 Å². The molecule has 35 heavy (non-hydrogen) atoms. The Balaban J connectivity index is 1.81. The quantitative estimate of drug-likeness (QED) is 0.468. The molecular weight excluding hydrogens is 476 g/mol. The monoisotopic (exact) mass is 501 g/mol. The van der Waals surface area contributed by atoms with E-state index in [1.54, 1.807) is 6.92 Å². The molecule has 190 valence electrons. The molecule has 1 saturated heterocycles. The number of benzene rings is 2. The Labute approximate surface area is 198 Å². The van der Waals surface area contributed by atoms with Gasteiger partial charge in [-0.25, -0.2) is 13.2 Å². The largest absolute Gasteiger partial charge is 0.416 e. The second kappa shape index (κ2) is 10.7. The van der Waals surface area contributed by atoms with Crippen molar-refractivity contribution in [1.82, 2.24) is 10.2 Å². The van der Waals surface area contributed by atoms with Crippen molar-refractivity contribution in [3.8, 4) is 0 Å². The van der Waals surface area contributed by atoms with Crippen LogP contribution in [0, 0.1) is 17.5 Å². The summed E-state index contributed by atoms with van der Waals surface area (Å²) in [5, 5.41) is 2.70. The Kier molecular flexibility index (Phi) is 8.09. The Bertz CT molecular complexity index is 1090. The third kappa shape index (κ3) is 6.53. The van der Waals surface area contributed by atoms with Gasteiger partial charge in [0.1, 0.15) is 11.9 Å². The Morgan fingerprint density at radius 2 is 1.77 bits per heavy atom. The van der Waals surface area contributed by atoms with E-state index in [1.165, 1.54) is 23.1 Å². The average Bonchev–Trinajstić information content (AvgIpc) is 2.89. The van der Waals surface area contributed by atoms with Crippen LogP contribution in [0.1, 0.15) is 36.5 Å². The van der Waals surface area contributed by atoms with Crippen molar-refractivity contribution < 1.29 is 35.9 Å². The maximum absolute atomic E-state index is 14.0. The van der Waals surface area contributed by atoms with Crippen molar-refractivity contribution >= 4 is 11.8 Å². The summed E-state index contributed by atoms with van der Waals surface area (Å²) in [4.78, 5) is 27.1. The molecule has 1 fully saturated rings. The Hall–Kier alpha value is -3.08. The van der Waals surface area contributed by atoms with Gasteiger partial charge in [0.05, 0.1) is 5.56 Å². The third-order valence-corrected chi connectivity index (χ3v) is 5.94. The molecule has 0 spiro atoms. The summed E-state index contributed by atoms with van der Waals surface area (Å²) in [6.45, 7) is 1.80. The first-order valence-corrected chi connectivity index (χ1v) is 11.0. The van der Waals surface area contributed by atoms with Gasteiger partial charge in [-0.2, -0.15) is 13.2 Å². The molecule has 5 nitrogen and oxygen atoms in total.